The van der Waals surface area contributed by atoms with Crippen LogP contribution < -0.4 is 14.8 Å². The van der Waals surface area contributed by atoms with E-state index in [0.717, 1.165) is 12.1 Å². The van der Waals surface area contributed by atoms with Crippen molar-refractivity contribution in [3.05, 3.63) is 23.8 Å². The molecule has 2 N–H and O–H groups in total. The molecule has 0 aliphatic rings. The Labute approximate surface area is 127 Å². The van der Waals surface area contributed by atoms with E-state index in [4.69, 9.17) is 4.74 Å². The van der Waals surface area contributed by atoms with Gasteiger partial charge < -0.3 is 15.0 Å². The highest BCUT2D eigenvalue weighted by molar-refractivity contribution is 7.89. The maximum absolute atomic E-state index is 12.2. The highest BCUT2D eigenvalue weighted by Crippen LogP contribution is 2.22. The zero-order chi connectivity index (χ0) is 15.9. The van der Waals surface area contributed by atoms with Crippen LogP contribution >= 0.6 is 0 Å². The highest BCUT2D eigenvalue weighted by Gasteiger charge is 2.16. The Kier molecular flexibility index (Phi) is 7.10. The number of hydrogen-bond donors (Lipinski definition) is 2. The van der Waals surface area contributed by atoms with Crippen LogP contribution in [0.3, 0.4) is 0 Å². The molecule has 6 nitrogen and oxygen atoms in total. The lowest BCUT2D eigenvalue weighted by molar-refractivity contribution is 0.407. The van der Waals surface area contributed by atoms with Crippen LogP contribution in [0.1, 0.15) is 12.5 Å². The van der Waals surface area contributed by atoms with Crippen molar-refractivity contribution in [2.45, 2.75) is 18.4 Å². The molecule has 7 heteroatoms. The smallest absolute Gasteiger partial charge is 0.240 e. The Morgan fingerprint density at radius 2 is 2.00 bits per heavy atom. The van der Waals surface area contributed by atoms with Crippen molar-refractivity contribution >= 4 is 10.0 Å². The van der Waals surface area contributed by atoms with Gasteiger partial charge in [-0.05, 0) is 38.8 Å². The minimum Gasteiger partial charge on any atom is -0.496 e. The van der Waals surface area contributed by atoms with E-state index in [0.29, 0.717) is 25.4 Å². The van der Waals surface area contributed by atoms with Gasteiger partial charge in [0.25, 0.3) is 0 Å². The predicted molar refractivity (Wildman–Crippen MR) is 84.1 cm³/mol. The van der Waals surface area contributed by atoms with Crippen molar-refractivity contribution in [3.8, 4) is 5.75 Å². The molecule has 0 aromatic heterocycles. The quantitative estimate of drug-likeness (QED) is 0.700. The average molecular weight is 315 g/mol. The van der Waals surface area contributed by atoms with E-state index < -0.39 is 10.0 Å². The fourth-order valence-electron chi connectivity index (χ4n) is 1.81. The summed E-state index contributed by atoms with van der Waals surface area (Å²) in [5.74, 6) is 0.684. The lowest BCUT2D eigenvalue weighted by Crippen LogP contribution is -2.31. The molecule has 0 bridgehead atoms. The second kappa shape index (κ2) is 8.33. The second-order valence-corrected chi connectivity index (χ2v) is 6.72. The number of hydrogen-bond acceptors (Lipinski definition) is 5. The molecular formula is C14H25N3O3S. The van der Waals surface area contributed by atoms with Gasteiger partial charge in [0, 0.05) is 25.2 Å². The summed E-state index contributed by atoms with van der Waals surface area (Å²) in [7, 11) is 1.89. The molecule has 1 rings (SSSR count). The Bertz CT molecular complexity index is 544. The number of rotatable bonds is 9. The molecule has 1 aromatic rings. The number of likely N-dealkylation sites (N-methyl/N-ethyl adjacent to an activating group) is 1. The van der Waals surface area contributed by atoms with E-state index in [-0.39, 0.29) is 4.90 Å². The standard InChI is InChI=1S/C14H25N3O3S/c1-5-15-11-12-10-13(6-7-14(12)20-4)21(18,19)16-8-9-17(2)3/h6-7,10,15-16H,5,8-9,11H2,1-4H3. The lowest BCUT2D eigenvalue weighted by atomic mass is 10.2. The summed E-state index contributed by atoms with van der Waals surface area (Å²) in [4.78, 5) is 2.18. The third-order valence-corrected chi connectivity index (χ3v) is 4.44. The van der Waals surface area contributed by atoms with Gasteiger partial charge in [-0.25, -0.2) is 13.1 Å². The molecule has 0 heterocycles. The fourth-order valence-corrected chi connectivity index (χ4v) is 2.88. The molecule has 120 valence electrons. The summed E-state index contributed by atoms with van der Waals surface area (Å²) < 4.78 is 32.4. The van der Waals surface area contributed by atoms with Crippen molar-refractivity contribution in [1.29, 1.82) is 0 Å². The van der Waals surface area contributed by atoms with Gasteiger partial charge in [0.15, 0.2) is 0 Å². The summed E-state index contributed by atoms with van der Waals surface area (Å²) in [6.07, 6.45) is 0. The molecule has 0 unspecified atom stereocenters. The molecule has 0 saturated heterocycles. The first kappa shape index (κ1) is 17.9. The monoisotopic (exact) mass is 315 g/mol. The van der Waals surface area contributed by atoms with Gasteiger partial charge in [-0.2, -0.15) is 0 Å². The molecule has 0 aliphatic heterocycles. The Hall–Kier alpha value is -1.15. The van der Waals surface area contributed by atoms with Crippen molar-refractivity contribution in [2.24, 2.45) is 0 Å². The first-order chi connectivity index (χ1) is 9.90. The normalized spacial score (nSPS) is 11.9. The minimum absolute atomic E-state index is 0.259. The van der Waals surface area contributed by atoms with Crippen molar-refractivity contribution in [3.63, 3.8) is 0 Å². The number of nitrogens with zero attached hydrogens (tertiary/aromatic N) is 1. The van der Waals surface area contributed by atoms with E-state index in [1.54, 1.807) is 25.3 Å². The Balaban J connectivity index is 2.90. The molecule has 0 aliphatic carbocycles. The van der Waals surface area contributed by atoms with Crippen LogP contribution in [0, 0.1) is 0 Å². The number of methoxy groups -OCH3 is 1. The summed E-state index contributed by atoms with van der Waals surface area (Å²) in [5, 5.41) is 3.17. The van der Waals surface area contributed by atoms with Crippen molar-refractivity contribution < 1.29 is 13.2 Å². The molecule has 0 fully saturated rings. The van der Waals surface area contributed by atoms with Crippen LogP contribution in [-0.4, -0.2) is 54.2 Å². The highest BCUT2D eigenvalue weighted by atomic mass is 32.2. The molecule has 0 radical (unpaired) electrons. The van der Waals surface area contributed by atoms with E-state index in [1.165, 1.54) is 0 Å². The largest absolute Gasteiger partial charge is 0.496 e. The molecule has 1 aromatic carbocycles. The number of nitrogens with one attached hydrogen (secondary N) is 2. The first-order valence-corrected chi connectivity index (χ1v) is 8.41. The average Bonchev–Trinajstić information content (AvgIpc) is 2.44. The first-order valence-electron chi connectivity index (χ1n) is 6.92. The van der Waals surface area contributed by atoms with E-state index in [2.05, 4.69) is 10.0 Å². The van der Waals surface area contributed by atoms with Crippen LogP contribution in [0.2, 0.25) is 0 Å². The van der Waals surface area contributed by atoms with Crippen molar-refractivity contribution in [2.75, 3.05) is 40.8 Å². The number of sulfonamides is 1. The minimum atomic E-state index is -3.49. The zero-order valence-corrected chi connectivity index (χ0v) is 14.0. The number of ether oxygens (including phenoxy) is 1. The fraction of sp³-hybridized carbons (Fsp3) is 0.571. The summed E-state index contributed by atoms with van der Waals surface area (Å²) in [5.41, 5.74) is 0.829. The summed E-state index contributed by atoms with van der Waals surface area (Å²) >= 11 is 0. The van der Waals surface area contributed by atoms with Gasteiger partial charge in [-0.3, -0.25) is 0 Å². The number of benzene rings is 1. The van der Waals surface area contributed by atoms with Gasteiger partial charge in [-0.1, -0.05) is 6.92 Å². The Morgan fingerprint density at radius 1 is 1.29 bits per heavy atom. The van der Waals surface area contributed by atoms with Crippen LogP contribution in [0.15, 0.2) is 23.1 Å². The van der Waals surface area contributed by atoms with Gasteiger partial charge in [-0.15, -0.1) is 0 Å². The molecule has 0 atom stereocenters. The van der Waals surface area contributed by atoms with Crippen LogP contribution in [0.4, 0.5) is 0 Å². The summed E-state index contributed by atoms with van der Waals surface area (Å²) in [6.45, 7) is 4.40. The van der Waals surface area contributed by atoms with Gasteiger partial charge in [0.2, 0.25) is 10.0 Å². The Morgan fingerprint density at radius 3 is 2.57 bits per heavy atom. The second-order valence-electron chi connectivity index (χ2n) is 4.96. The van der Waals surface area contributed by atoms with Crippen LogP contribution in [-0.2, 0) is 16.6 Å². The van der Waals surface area contributed by atoms with E-state index >= 15 is 0 Å². The zero-order valence-electron chi connectivity index (χ0n) is 13.1. The van der Waals surface area contributed by atoms with Gasteiger partial charge in [0.1, 0.15) is 5.75 Å². The lowest BCUT2D eigenvalue weighted by Gasteiger charge is -2.13. The third-order valence-electron chi connectivity index (χ3n) is 2.98. The van der Waals surface area contributed by atoms with Crippen molar-refractivity contribution in [1.82, 2.24) is 14.9 Å². The molecular weight excluding hydrogens is 290 g/mol. The SMILES string of the molecule is CCNCc1cc(S(=O)(=O)NCCN(C)C)ccc1OC. The summed E-state index contributed by atoms with van der Waals surface area (Å²) in [6, 6.07) is 4.90. The third kappa shape index (κ3) is 5.62. The van der Waals surface area contributed by atoms with Gasteiger partial charge >= 0.3 is 0 Å². The maximum Gasteiger partial charge on any atom is 0.240 e. The van der Waals surface area contributed by atoms with Crippen LogP contribution in [0.25, 0.3) is 0 Å². The predicted octanol–water partition coefficient (Wildman–Crippen LogP) is 0.645. The van der Waals surface area contributed by atoms with Crippen LogP contribution in [0.5, 0.6) is 5.75 Å². The van der Waals surface area contributed by atoms with E-state index in [1.807, 2.05) is 25.9 Å². The van der Waals surface area contributed by atoms with Gasteiger partial charge in [0.05, 0.1) is 12.0 Å². The maximum atomic E-state index is 12.2. The molecule has 0 spiro atoms. The van der Waals surface area contributed by atoms with E-state index in [9.17, 15) is 8.42 Å². The topological polar surface area (TPSA) is 70.7 Å². The molecule has 0 amide bonds. The molecule has 21 heavy (non-hydrogen) atoms. The molecule has 0 saturated carbocycles.